The number of hydrogen-bond donors (Lipinski definition) is 0. The van der Waals surface area contributed by atoms with Gasteiger partial charge in [-0.3, -0.25) is 0 Å². The molecule has 0 unspecified atom stereocenters. The van der Waals surface area contributed by atoms with Crippen LogP contribution in [0.1, 0.15) is 59.4 Å². The summed E-state index contributed by atoms with van der Waals surface area (Å²) in [5, 5.41) is 0. The Labute approximate surface area is 138 Å². The quantitative estimate of drug-likeness (QED) is 0.511. The number of rotatable bonds is 3. The van der Waals surface area contributed by atoms with Gasteiger partial charge in [-0.1, -0.05) is 95.3 Å². The molecule has 0 heterocycles. The van der Waals surface area contributed by atoms with E-state index < -0.39 is 0 Å². The molecule has 0 amide bonds. The van der Waals surface area contributed by atoms with Gasteiger partial charge >= 0.3 is 0 Å². The number of allylic oxidation sites excluding steroid dienone is 7. The molecule has 0 saturated heterocycles. The molecule has 0 aromatic heterocycles. The van der Waals surface area contributed by atoms with Gasteiger partial charge in [-0.15, -0.1) is 0 Å². The van der Waals surface area contributed by atoms with E-state index in [1.807, 2.05) is 19.9 Å². The molecule has 22 heavy (non-hydrogen) atoms. The zero-order valence-corrected chi connectivity index (χ0v) is 15.0. The molecule has 0 bridgehead atoms. The first-order chi connectivity index (χ1) is 10.7. The zero-order valence-electron chi connectivity index (χ0n) is 15.0. The fraction of sp³-hybridized carbons (Fsp3) is 0.364. The van der Waals surface area contributed by atoms with Gasteiger partial charge < -0.3 is 0 Å². The third kappa shape index (κ3) is 7.26. The lowest BCUT2D eigenvalue weighted by Gasteiger charge is -2.14. The van der Waals surface area contributed by atoms with Gasteiger partial charge in [0.15, 0.2) is 0 Å². The smallest absolute Gasteiger partial charge is 0.0187 e. The minimum atomic E-state index is 1.12. The molecule has 1 aliphatic carbocycles. The van der Waals surface area contributed by atoms with Crippen LogP contribution in [0.2, 0.25) is 0 Å². The Hall–Kier alpha value is -1.82. The molecule has 120 valence electrons. The Bertz CT molecular complexity index is 498. The van der Waals surface area contributed by atoms with Gasteiger partial charge in [0.25, 0.3) is 0 Å². The van der Waals surface area contributed by atoms with E-state index in [9.17, 15) is 0 Å². The Morgan fingerprint density at radius 2 is 1.73 bits per heavy atom. The van der Waals surface area contributed by atoms with Crippen LogP contribution in [0.15, 0.2) is 72.4 Å². The summed E-state index contributed by atoms with van der Waals surface area (Å²) >= 11 is 0. The second-order valence-corrected chi connectivity index (χ2v) is 5.03. The van der Waals surface area contributed by atoms with Crippen molar-refractivity contribution in [3.63, 3.8) is 0 Å². The SMILES string of the molecule is C=C/C=C(\C)C1=CC(c2ccccc2)=CCC1.CC.CCC. The van der Waals surface area contributed by atoms with Gasteiger partial charge in [-0.2, -0.15) is 0 Å². The maximum Gasteiger partial charge on any atom is -0.0187 e. The summed E-state index contributed by atoms with van der Waals surface area (Å²) in [5.74, 6) is 0. The average molecular weight is 296 g/mol. The van der Waals surface area contributed by atoms with E-state index in [1.165, 1.54) is 28.7 Å². The predicted molar refractivity (Wildman–Crippen MR) is 103 cm³/mol. The molecular weight excluding hydrogens is 264 g/mol. The van der Waals surface area contributed by atoms with Crippen LogP contribution < -0.4 is 0 Å². The summed E-state index contributed by atoms with van der Waals surface area (Å²) in [4.78, 5) is 0. The molecule has 0 heteroatoms. The second-order valence-electron chi connectivity index (χ2n) is 5.03. The molecule has 0 aliphatic heterocycles. The minimum Gasteiger partial charge on any atom is -0.0991 e. The van der Waals surface area contributed by atoms with E-state index in [2.05, 4.69) is 75.9 Å². The van der Waals surface area contributed by atoms with Crippen molar-refractivity contribution in [2.24, 2.45) is 0 Å². The van der Waals surface area contributed by atoms with Crippen LogP contribution in [0.5, 0.6) is 0 Å². The molecule has 0 radical (unpaired) electrons. The molecule has 0 atom stereocenters. The highest BCUT2D eigenvalue weighted by molar-refractivity contribution is 5.76. The van der Waals surface area contributed by atoms with Crippen LogP contribution in [-0.2, 0) is 0 Å². The van der Waals surface area contributed by atoms with Crippen LogP contribution in [0.4, 0.5) is 0 Å². The molecule has 0 spiro atoms. The Kier molecular flexibility index (Phi) is 11.8. The lowest BCUT2D eigenvalue weighted by atomic mass is 9.91. The van der Waals surface area contributed by atoms with Gasteiger partial charge in [0, 0.05) is 0 Å². The third-order valence-corrected chi connectivity index (χ3v) is 3.09. The highest BCUT2D eigenvalue weighted by Gasteiger charge is 2.07. The van der Waals surface area contributed by atoms with E-state index in [1.54, 1.807) is 0 Å². The Balaban J connectivity index is 0.000000789. The first kappa shape index (κ1) is 20.2. The van der Waals surface area contributed by atoms with Crippen molar-refractivity contribution in [2.75, 3.05) is 0 Å². The van der Waals surface area contributed by atoms with Crippen LogP contribution in [0.3, 0.4) is 0 Å². The molecule has 0 nitrogen and oxygen atoms in total. The molecule has 0 fully saturated rings. The third-order valence-electron chi connectivity index (χ3n) is 3.09. The summed E-state index contributed by atoms with van der Waals surface area (Å²) in [6, 6.07) is 10.6. The molecule has 1 aromatic carbocycles. The van der Waals surface area contributed by atoms with Gasteiger partial charge in [-0.05, 0) is 42.0 Å². The first-order valence-corrected chi connectivity index (χ1v) is 8.48. The van der Waals surface area contributed by atoms with Crippen molar-refractivity contribution < 1.29 is 0 Å². The first-order valence-electron chi connectivity index (χ1n) is 8.48. The molecule has 1 aliphatic rings. The predicted octanol–water partition coefficient (Wildman–Crippen LogP) is 7.37. The molecule has 1 aromatic rings. The van der Waals surface area contributed by atoms with Gasteiger partial charge in [-0.25, -0.2) is 0 Å². The number of benzene rings is 1. The Morgan fingerprint density at radius 3 is 2.27 bits per heavy atom. The van der Waals surface area contributed by atoms with Crippen molar-refractivity contribution in [3.8, 4) is 0 Å². The van der Waals surface area contributed by atoms with Gasteiger partial charge in [0.05, 0.1) is 0 Å². The zero-order chi connectivity index (χ0) is 16.8. The van der Waals surface area contributed by atoms with E-state index in [-0.39, 0.29) is 0 Å². The van der Waals surface area contributed by atoms with E-state index in [4.69, 9.17) is 0 Å². The van der Waals surface area contributed by atoms with Crippen molar-refractivity contribution in [1.82, 2.24) is 0 Å². The number of hydrogen-bond acceptors (Lipinski definition) is 0. The molecule has 0 saturated carbocycles. The molecule has 2 rings (SSSR count). The molecular formula is C22H32. The highest BCUT2D eigenvalue weighted by Crippen LogP contribution is 2.28. The van der Waals surface area contributed by atoms with Gasteiger partial charge in [0.2, 0.25) is 0 Å². The van der Waals surface area contributed by atoms with Crippen molar-refractivity contribution >= 4 is 5.57 Å². The highest BCUT2D eigenvalue weighted by atomic mass is 14.1. The molecule has 0 N–H and O–H groups in total. The van der Waals surface area contributed by atoms with Crippen LogP contribution in [0, 0.1) is 0 Å². The lowest BCUT2D eigenvalue weighted by molar-refractivity contribution is 0.972. The standard InChI is InChI=1S/C17H18.C3H8.C2H6/c1-3-8-14(2)16-11-7-12-17(13-16)15-9-5-4-6-10-15;1-3-2;1-2/h3-6,8-10,12-13H,1,7,11H2,2H3;3H2,1-2H3;1-2H3/b14-8+;;. The van der Waals surface area contributed by atoms with Crippen molar-refractivity contribution in [2.45, 2.75) is 53.9 Å². The van der Waals surface area contributed by atoms with Crippen LogP contribution in [-0.4, -0.2) is 0 Å². The summed E-state index contributed by atoms with van der Waals surface area (Å²) in [7, 11) is 0. The summed E-state index contributed by atoms with van der Waals surface area (Å²) < 4.78 is 0. The fourth-order valence-electron chi connectivity index (χ4n) is 2.13. The minimum absolute atomic E-state index is 1.12. The largest absolute Gasteiger partial charge is 0.0991 e. The van der Waals surface area contributed by atoms with Crippen LogP contribution in [0.25, 0.3) is 5.57 Å². The monoisotopic (exact) mass is 296 g/mol. The van der Waals surface area contributed by atoms with E-state index in [0.29, 0.717) is 0 Å². The summed E-state index contributed by atoms with van der Waals surface area (Å²) in [6.07, 6.45) is 12.1. The fourth-order valence-corrected chi connectivity index (χ4v) is 2.13. The Morgan fingerprint density at radius 1 is 1.14 bits per heavy atom. The van der Waals surface area contributed by atoms with E-state index in [0.717, 1.165) is 12.8 Å². The van der Waals surface area contributed by atoms with E-state index >= 15 is 0 Å². The topological polar surface area (TPSA) is 0 Å². The maximum absolute atomic E-state index is 3.75. The normalized spacial score (nSPS) is 13.6. The van der Waals surface area contributed by atoms with Crippen molar-refractivity contribution in [3.05, 3.63) is 77.9 Å². The average Bonchev–Trinajstić information content (AvgIpc) is 2.58. The lowest BCUT2D eigenvalue weighted by Crippen LogP contribution is -1.94. The summed E-state index contributed by atoms with van der Waals surface area (Å²) in [5.41, 5.74) is 5.38. The maximum atomic E-state index is 3.75. The van der Waals surface area contributed by atoms with Crippen molar-refractivity contribution in [1.29, 1.82) is 0 Å². The van der Waals surface area contributed by atoms with Gasteiger partial charge in [0.1, 0.15) is 0 Å². The summed E-state index contributed by atoms with van der Waals surface area (Å²) in [6.45, 7) is 14.2. The second kappa shape index (κ2) is 12.9. The van der Waals surface area contributed by atoms with Crippen LogP contribution >= 0.6 is 0 Å².